The molecule has 19 heavy (non-hydrogen) atoms. The smallest absolute Gasteiger partial charge is 0.182 e. The number of nitrogen functional groups attached to an aromatic ring is 1. The highest BCUT2D eigenvalue weighted by Gasteiger charge is 2.13. The molecule has 1 aromatic carbocycles. The molecule has 0 radical (unpaired) electrons. The Morgan fingerprint density at radius 2 is 2.26 bits per heavy atom. The lowest BCUT2D eigenvalue weighted by Gasteiger charge is -2.12. The quantitative estimate of drug-likeness (QED) is 0.848. The molecule has 0 saturated carbocycles. The first-order valence-corrected chi connectivity index (χ1v) is 6.42. The number of hydrogen-bond acceptors (Lipinski definition) is 5. The molecule has 1 heterocycles. The highest BCUT2D eigenvalue weighted by atomic mass is 35.5. The zero-order valence-corrected chi connectivity index (χ0v) is 11.6. The lowest BCUT2D eigenvalue weighted by atomic mass is 10.2. The van der Waals surface area contributed by atoms with Gasteiger partial charge >= 0.3 is 0 Å². The maximum Gasteiger partial charge on any atom is 0.182 e. The number of nitrogens with two attached hydrogens (primary N) is 1. The second-order valence-electron chi connectivity index (χ2n) is 4.19. The molecular weight excluding hydrogens is 266 g/mol. The van der Waals surface area contributed by atoms with Gasteiger partial charge in [-0.2, -0.15) is 0 Å². The van der Waals surface area contributed by atoms with Crippen molar-refractivity contribution in [1.29, 1.82) is 0 Å². The van der Waals surface area contributed by atoms with Crippen LogP contribution in [-0.2, 0) is 11.3 Å². The molecule has 0 spiro atoms. The van der Waals surface area contributed by atoms with Crippen LogP contribution in [0.4, 0.5) is 5.69 Å². The summed E-state index contributed by atoms with van der Waals surface area (Å²) in [5, 5.41) is 12.2. The van der Waals surface area contributed by atoms with Crippen LogP contribution in [0, 0.1) is 0 Å². The van der Waals surface area contributed by atoms with Crippen LogP contribution in [0.5, 0.6) is 0 Å². The monoisotopic (exact) mass is 281 g/mol. The summed E-state index contributed by atoms with van der Waals surface area (Å²) in [5.74, 6) is 0.647. The van der Waals surface area contributed by atoms with Crippen molar-refractivity contribution in [1.82, 2.24) is 20.2 Å². The minimum absolute atomic E-state index is 0.0384. The number of nitrogens with zero attached hydrogens (tertiary/aromatic N) is 4. The van der Waals surface area contributed by atoms with Gasteiger partial charge in [-0.3, -0.25) is 0 Å². The molecule has 6 nitrogen and oxygen atoms in total. The molecule has 2 rings (SSSR count). The average Bonchev–Trinajstić information content (AvgIpc) is 2.81. The number of hydrogen-bond donors (Lipinski definition) is 1. The van der Waals surface area contributed by atoms with Gasteiger partial charge in [-0.15, -0.1) is 5.10 Å². The summed E-state index contributed by atoms with van der Waals surface area (Å²) < 4.78 is 7.18. The Labute approximate surface area is 116 Å². The zero-order valence-electron chi connectivity index (χ0n) is 10.9. The molecule has 2 aromatic rings. The Balaban J connectivity index is 2.25. The highest BCUT2D eigenvalue weighted by molar-refractivity contribution is 6.33. The summed E-state index contributed by atoms with van der Waals surface area (Å²) in [4.78, 5) is 0. The van der Waals surface area contributed by atoms with E-state index in [0.717, 1.165) is 5.56 Å². The fourth-order valence-electron chi connectivity index (χ4n) is 1.78. The normalized spacial score (nSPS) is 12.6. The van der Waals surface area contributed by atoms with Gasteiger partial charge in [-0.1, -0.05) is 11.6 Å². The predicted octanol–water partition coefficient (Wildman–Crippen LogP) is 2.00. The van der Waals surface area contributed by atoms with Gasteiger partial charge in [0.2, 0.25) is 0 Å². The number of benzene rings is 1. The molecule has 1 atom stereocenters. The third-order valence-corrected chi connectivity index (χ3v) is 3.00. The van der Waals surface area contributed by atoms with E-state index in [4.69, 9.17) is 22.1 Å². The van der Waals surface area contributed by atoms with Crippen molar-refractivity contribution in [2.45, 2.75) is 26.5 Å². The van der Waals surface area contributed by atoms with Crippen LogP contribution in [0.25, 0.3) is 11.4 Å². The number of aromatic nitrogens is 4. The summed E-state index contributed by atoms with van der Waals surface area (Å²) >= 11 is 6.01. The van der Waals surface area contributed by atoms with Gasteiger partial charge in [-0.05, 0) is 42.5 Å². The molecule has 0 bridgehead atoms. The molecule has 7 heteroatoms. The van der Waals surface area contributed by atoms with Crippen molar-refractivity contribution < 1.29 is 4.74 Å². The van der Waals surface area contributed by atoms with Crippen LogP contribution < -0.4 is 5.73 Å². The van der Waals surface area contributed by atoms with Crippen molar-refractivity contribution in [3.05, 3.63) is 23.2 Å². The van der Waals surface area contributed by atoms with E-state index in [2.05, 4.69) is 15.5 Å². The molecule has 1 unspecified atom stereocenters. The Bertz CT molecular complexity index is 557. The number of anilines is 1. The highest BCUT2D eigenvalue weighted by Crippen LogP contribution is 2.25. The van der Waals surface area contributed by atoms with E-state index < -0.39 is 0 Å². The summed E-state index contributed by atoms with van der Waals surface area (Å²) in [6.45, 7) is 5.17. The topological polar surface area (TPSA) is 78.8 Å². The first-order valence-electron chi connectivity index (χ1n) is 6.05. The minimum Gasteiger partial charge on any atom is -0.398 e. The summed E-state index contributed by atoms with van der Waals surface area (Å²) in [5.41, 5.74) is 7.05. The van der Waals surface area contributed by atoms with Gasteiger partial charge in [0.05, 0.1) is 23.4 Å². The van der Waals surface area contributed by atoms with Gasteiger partial charge in [0.1, 0.15) is 0 Å². The number of ether oxygens (including phenoxy) is 1. The van der Waals surface area contributed by atoms with Crippen LogP contribution in [0.15, 0.2) is 18.2 Å². The average molecular weight is 282 g/mol. The molecule has 0 aliphatic carbocycles. The van der Waals surface area contributed by atoms with Gasteiger partial charge < -0.3 is 10.5 Å². The van der Waals surface area contributed by atoms with Crippen molar-refractivity contribution >= 4 is 17.3 Å². The van der Waals surface area contributed by atoms with Gasteiger partial charge in [0.15, 0.2) is 5.82 Å². The molecule has 1 aromatic heterocycles. The predicted molar refractivity (Wildman–Crippen MR) is 73.8 cm³/mol. The molecule has 0 fully saturated rings. The van der Waals surface area contributed by atoms with Crippen molar-refractivity contribution in [3.63, 3.8) is 0 Å². The first kappa shape index (κ1) is 13.8. The van der Waals surface area contributed by atoms with Gasteiger partial charge in [0.25, 0.3) is 0 Å². The van der Waals surface area contributed by atoms with Crippen molar-refractivity contribution in [3.8, 4) is 11.4 Å². The molecule has 0 amide bonds. The molecule has 0 aliphatic heterocycles. The van der Waals surface area contributed by atoms with Crippen LogP contribution in [0.1, 0.15) is 13.8 Å². The van der Waals surface area contributed by atoms with E-state index in [1.165, 1.54) is 0 Å². The van der Waals surface area contributed by atoms with Crippen LogP contribution in [-0.4, -0.2) is 32.9 Å². The number of tetrazole rings is 1. The lowest BCUT2D eigenvalue weighted by molar-refractivity contribution is 0.0614. The molecule has 0 saturated heterocycles. The Hall–Kier alpha value is -1.66. The number of rotatable bonds is 5. The standard InChI is InChI=1S/C12H16ClN5O/c1-3-19-8(2)7-18-12(15-16-17-18)9-4-5-11(14)10(13)6-9/h4-6,8H,3,7,14H2,1-2H3. The lowest BCUT2D eigenvalue weighted by Crippen LogP contribution is -2.18. The van der Waals surface area contributed by atoms with E-state index >= 15 is 0 Å². The van der Waals surface area contributed by atoms with E-state index in [0.29, 0.717) is 29.7 Å². The minimum atomic E-state index is 0.0384. The molecule has 2 N–H and O–H groups in total. The van der Waals surface area contributed by atoms with E-state index in [1.54, 1.807) is 16.8 Å². The summed E-state index contributed by atoms with van der Waals surface area (Å²) in [6.07, 6.45) is 0.0384. The summed E-state index contributed by atoms with van der Waals surface area (Å²) in [6, 6.07) is 5.34. The van der Waals surface area contributed by atoms with Crippen molar-refractivity contribution in [2.75, 3.05) is 12.3 Å². The van der Waals surface area contributed by atoms with Gasteiger partial charge in [-0.25, -0.2) is 4.68 Å². The van der Waals surface area contributed by atoms with Crippen LogP contribution >= 0.6 is 11.6 Å². The third-order valence-electron chi connectivity index (χ3n) is 2.67. The Morgan fingerprint density at radius 3 is 2.95 bits per heavy atom. The second kappa shape index (κ2) is 5.99. The fourth-order valence-corrected chi connectivity index (χ4v) is 1.96. The largest absolute Gasteiger partial charge is 0.398 e. The van der Waals surface area contributed by atoms with E-state index in [-0.39, 0.29) is 6.10 Å². The van der Waals surface area contributed by atoms with Crippen LogP contribution in [0.2, 0.25) is 5.02 Å². The Morgan fingerprint density at radius 1 is 1.47 bits per heavy atom. The first-order chi connectivity index (χ1) is 9.11. The molecular formula is C12H16ClN5O. The SMILES string of the molecule is CCOC(C)Cn1nnnc1-c1ccc(N)c(Cl)c1. The fraction of sp³-hybridized carbons (Fsp3) is 0.417. The third kappa shape index (κ3) is 3.21. The maximum atomic E-state index is 6.01. The number of halogens is 1. The molecule has 102 valence electrons. The van der Waals surface area contributed by atoms with Gasteiger partial charge in [0, 0.05) is 12.2 Å². The van der Waals surface area contributed by atoms with E-state index in [9.17, 15) is 0 Å². The Kier molecular flexibility index (Phi) is 4.34. The summed E-state index contributed by atoms with van der Waals surface area (Å²) in [7, 11) is 0. The molecule has 0 aliphatic rings. The van der Waals surface area contributed by atoms with E-state index in [1.807, 2.05) is 19.9 Å². The second-order valence-corrected chi connectivity index (χ2v) is 4.59. The van der Waals surface area contributed by atoms with Crippen molar-refractivity contribution in [2.24, 2.45) is 0 Å². The van der Waals surface area contributed by atoms with Crippen LogP contribution in [0.3, 0.4) is 0 Å². The maximum absolute atomic E-state index is 6.01. The zero-order chi connectivity index (χ0) is 13.8.